The van der Waals surface area contributed by atoms with E-state index in [0.29, 0.717) is 23.2 Å². The summed E-state index contributed by atoms with van der Waals surface area (Å²) in [4.78, 5) is 16.4. The van der Waals surface area contributed by atoms with E-state index in [1.807, 2.05) is 6.92 Å². The first-order valence-corrected chi connectivity index (χ1v) is 7.68. The zero-order valence-electron chi connectivity index (χ0n) is 11.3. The number of rotatable bonds is 4. The molecule has 8 heteroatoms. The van der Waals surface area contributed by atoms with Crippen LogP contribution in [-0.4, -0.2) is 17.5 Å². The van der Waals surface area contributed by atoms with Gasteiger partial charge in [0.15, 0.2) is 5.69 Å². The highest BCUT2D eigenvalue weighted by Gasteiger charge is 2.16. The van der Waals surface area contributed by atoms with Crippen molar-refractivity contribution in [1.29, 1.82) is 0 Å². The van der Waals surface area contributed by atoms with E-state index < -0.39 is 5.91 Å². The second kappa shape index (κ2) is 7.38. The van der Waals surface area contributed by atoms with Crippen LogP contribution < -0.4 is 10.1 Å². The van der Waals surface area contributed by atoms with Crippen molar-refractivity contribution in [2.45, 2.75) is 6.92 Å². The molecule has 1 heterocycles. The number of ether oxygens (including phenoxy) is 1. The third kappa shape index (κ3) is 3.96. The Morgan fingerprint density at radius 1 is 1.09 bits per heavy atom. The summed E-state index contributed by atoms with van der Waals surface area (Å²) >= 11 is 23.8. The highest BCUT2D eigenvalue weighted by molar-refractivity contribution is 6.44. The van der Waals surface area contributed by atoms with Crippen LogP contribution in [0.25, 0.3) is 0 Å². The Kier molecular flexibility index (Phi) is 5.75. The molecule has 0 saturated heterocycles. The summed E-state index contributed by atoms with van der Waals surface area (Å²) in [6.07, 6.45) is 0. The minimum atomic E-state index is -0.535. The van der Waals surface area contributed by atoms with Gasteiger partial charge in [0.2, 0.25) is 5.88 Å². The summed E-state index contributed by atoms with van der Waals surface area (Å²) in [6, 6.07) is 6.00. The predicted octanol–water partition coefficient (Wildman–Crippen LogP) is 5.35. The molecule has 0 bridgehead atoms. The Labute approximate surface area is 147 Å². The first-order chi connectivity index (χ1) is 10.4. The number of carbonyl (C=O) groups excluding carboxylic acids is 1. The normalized spacial score (nSPS) is 10.4. The van der Waals surface area contributed by atoms with Crippen molar-refractivity contribution in [1.82, 2.24) is 4.98 Å². The van der Waals surface area contributed by atoms with Crippen molar-refractivity contribution in [3.05, 3.63) is 50.0 Å². The van der Waals surface area contributed by atoms with Crippen LogP contribution in [0.3, 0.4) is 0 Å². The molecule has 116 valence electrons. The molecule has 0 fully saturated rings. The minimum absolute atomic E-state index is 0.0229. The van der Waals surface area contributed by atoms with Crippen LogP contribution in [0.1, 0.15) is 17.4 Å². The first-order valence-electron chi connectivity index (χ1n) is 6.17. The predicted molar refractivity (Wildman–Crippen MR) is 89.8 cm³/mol. The maximum atomic E-state index is 12.3. The number of hydrogen-bond donors (Lipinski definition) is 1. The Morgan fingerprint density at radius 2 is 1.77 bits per heavy atom. The zero-order valence-corrected chi connectivity index (χ0v) is 14.3. The molecular formula is C14H10Cl4N2O2. The van der Waals surface area contributed by atoms with Crippen LogP contribution in [0.15, 0.2) is 24.3 Å². The van der Waals surface area contributed by atoms with Crippen molar-refractivity contribution in [3.8, 4) is 5.88 Å². The number of carbonyl (C=O) groups is 1. The van der Waals surface area contributed by atoms with Gasteiger partial charge in [0.05, 0.1) is 32.4 Å². The van der Waals surface area contributed by atoms with Crippen molar-refractivity contribution in [3.63, 3.8) is 0 Å². The van der Waals surface area contributed by atoms with Gasteiger partial charge in [0.1, 0.15) is 0 Å². The molecule has 2 aromatic rings. The fraction of sp³-hybridized carbons (Fsp3) is 0.143. The maximum absolute atomic E-state index is 12.3. The van der Waals surface area contributed by atoms with Gasteiger partial charge >= 0.3 is 0 Å². The van der Waals surface area contributed by atoms with Gasteiger partial charge in [-0.1, -0.05) is 46.4 Å². The molecule has 1 amide bonds. The van der Waals surface area contributed by atoms with Crippen LogP contribution in [0, 0.1) is 0 Å². The van der Waals surface area contributed by atoms with Gasteiger partial charge in [-0.2, -0.15) is 0 Å². The number of nitrogens with zero attached hydrogens (tertiary/aromatic N) is 1. The van der Waals surface area contributed by atoms with E-state index in [0.717, 1.165) is 0 Å². The Bertz CT molecular complexity index is 722. The summed E-state index contributed by atoms with van der Waals surface area (Å²) in [5.74, 6) is -0.232. The highest BCUT2D eigenvalue weighted by atomic mass is 35.5. The summed E-state index contributed by atoms with van der Waals surface area (Å²) in [6.45, 7) is 2.24. The SMILES string of the molecule is CCOc1ccc(Cl)c(C(=O)Nc2cc(Cl)c(Cl)cc2Cl)n1. The van der Waals surface area contributed by atoms with Crippen LogP contribution >= 0.6 is 46.4 Å². The van der Waals surface area contributed by atoms with Gasteiger partial charge in [-0.3, -0.25) is 4.79 Å². The number of nitrogens with one attached hydrogen (secondary N) is 1. The molecule has 0 aliphatic carbocycles. The Morgan fingerprint density at radius 3 is 2.45 bits per heavy atom. The van der Waals surface area contributed by atoms with Crippen molar-refractivity contribution in [2.75, 3.05) is 11.9 Å². The molecule has 1 N–H and O–H groups in total. The summed E-state index contributed by atoms with van der Waals surface area (Å²) < 4.78 is 5.25. The average Bonchev–Trinajstić information content (AvgIpc) is 2.47. The van der Waals surface area contributed by atoms with E-state index >= 15 is 0 Å². The van der Waals surface area contributed by atoms with E-state index in [1.54, 1.807) is 6.07 Å². The molecule has 0 saturated carbocycles. The number of aromatic nitrogens is 1. The highest BCUT2D eigenvalue weighted by Crippen LogP contribution is 2.32. The van der Waals surface area contributed by atoms with E-state index in [-0.39, 0.29) is 20.8 Å². The fourth-order valence-corrected chi connectivity index (χ4v) is 2.40. The lowest BCUT2D eigenvalue weighted by Crippen LogP contribution is -2.15. The zero-order chi connectivity index (χ0) is 16.3. The fourth-order valence-electron chi connectivity index (χ4n) is 1.61. The number of amides is 1. The van der Waals surface area contributed by atoms with Gasteiger partial charge < -0.3 is 10.1 Å². The molecule has 0 spiro atoms. The number of pyridine rings is 1. The molecular weight excluding hydrogens is 370 g/mol. The molecule has 22 heavy (non-hydrogen) atoms. The molecule has 2 rings (SSSR count). The number of anilines is 1. The van der Waals surface area contributed by atoms with Gasteiger partial charge in [0, 0.05) is 6.07 Å². The topological polar surface area (TPSA) is 51.2 Å². The molecule has 0 aliphatic heterocycles. The maximum Gasteiger partial charge on any atom is 0.276 e. The summed E-state index contributed by atoms with van der Waals surface area (Å²) in [5.41, 5.74) is 0.329. The molecule has 0 unspecified atom stereocenters. The van der Waals surface area contributed by atoms with Crippen molar-refractivity contribution in [2.24, 2.45) is 0 Å². The minimum Gasteiger partial charge on any atom is -0.478 e. The Balaban J connectivity index is 2.29. The van der Waals surface area contributed by atoms with Crippen LogP contribution in [0.4, 0.5) is 5.69 Å². The smallest absolute Gasteiger partial charge is 0.276 e. The third-order valence-electron chi connectivity index (χ3n) is 2.59. The number of halogens is 4. The molecule has 1 aromatic carbocycles. The molecule has 1 aromatic heterocycles. The number of hydrogen-bond acceptors (Lipinski definition) is 3. The molecule has 0 atom stereocenters. The van der Waals surface area contributed by atoms with E-state index in [1.165, 1.54) is 18.2 Å². The Hall–Kier alpha value is -1.20. The van der Waals surface area contributed by atoms with Gasteiger partial charge in [-0.05, 0) is 25.1 Å². The standard InChI is InChI=1S/C14H10Cl4N2O2/c1-2-22-12-4-3-7(15)13(20-12)14(21)19-11-6-9(17)8(16)5-10(11)18/h3-6H,2H2,1H3,(H,19,21). The van der Waals surface area contributed by atoms with Crippen LogP contribution in [0.5, 0.6) is 5.88 Å². The van der Waals surface area contributed by atoms with E-state index in [2.05, 4.69) is 10.3 Å². The quantitative estimate of drug-likeness (QED) is 0.728. The third-order valence-corrected chi connectivity index (χ3v) is 3.93. The average molecular weight is 380 g/mol. The lowest BCUT2D eigenvalue weighted by molar-refractivity contribution is 0.102. The van der Waals surface area contributed by atoms with Crippen LogP contribution in [0.2, 0.25) is 20.1 Å². The first kappa shape index (κ1) is 17.2. The molecule has 0 aliphatic rings. The monoisotopic (exact) mass is 378 g/mol. The van der Waals surface area contributed by atoms with Gasteiger partial charge in [-0.25, -0.2) is 4.98 Å². The van der Waals surface area contributed by atoms with Gasteiger partial charge in [-0.15, -0.1) is 0 Å². The summed E-state index contributed by atoms with van der Waals surface area (Å²) in [5, 5.41) is 3.59. The van der Waals surface area contributed by atoms with Crippen LogP contribution in [-0.2, 0) is 0 Å². The second-order valence-electron chi connectivity index (χ2n) is 4.11. The molecule has 0 radical (unpaired) electrons. The lowest BCUT2D eigenvalue weighted by atomic mass is 10.3. The molecule has 4 nitrogen and oxygen atoms in total. The lowest BCUT2D eigenvalue weighted by Gasteiger charge is -2.10. The summed E-state index contributed by atoms with van der Waals surface area (Å²) in [7, 11) is 0. The van der Waals surface area contributed by atoms with E-state index in [4.69, 9.17) is 51.1 Å². The largest absolute Gasteiger partial charge is 0.478 e. The van der Waals surface area contributed by atoms with E-state index in [9.17, 15) is 4.79 Å². The van der Waals surface area contributed by atoms with Gasteiger partial charge in [0.25, 0.3) is 5.91 Å². The second-order valence-corrected chi connectivity index (χ2v) is 5.74. The van der Waals surface area contributed by atoms with Crippen molar-refractivity contribution >= 4 is 58.0 Å². The number of benzene rings is 1. The van der Waals surface area contributed by atoms with Crippen molar-refractivity contribution < 1.29 is 9.53 Å².